The van der Waals surface area contributed by atoms with E-state index in [1.165, 1.54) is 19.2 Å². The van der Waals surface area contributed by atoms with E-state index in [1.54, 1.807) is 11.4 Å². The number of methoxy groups -OCH3 is 1. The summed E-state index contributed by atoms with van der Waals surface area (Å²) in [5, 5.41) is 4.05. The molecule has 0 saturated carbocycles. The number of alkyl halides is 3. The number of hydrogen-bond donors (Lipinski definition) is 2. The molecule has 0 unspecified atom stereocenters. The molecule has 1 aromatic carbocycles. The van der Waals surface area contributed by atoms with Crippen molar-refractivity contribution in [2.75, 3.05) is 19.0 Å². The Morgan fingerprint density at radius 3 is 2.67 bits per heavy atom. The molecule has 2 N–H and O–H groups in total. The number of carbonyl (C=O) groups excluding carboxylic acids is 1. The smallest absolute Gasteiger partial charge is 0.405 e. The summed E-state index contributed by atoms with van der Waals surface area (Å²) in [5.74, 6) is 0.422. The van der Waals surface area contributed by atoms with E-state index in [-0.39, 0.29) is 10.7 Å². The quantitative estimate of drug-likeness (QED) is 0.895. The van der Waals surface area contributed by atoms with Crippen LogP contribution in [0.1, 0.15) is 0 Å². The summed E-state index contributed by atoms with van der Waals surface area (Å²) in [7, 11) is 1.41. The number of halogens is 4. The maximum absolute atomic E-state index is 11.9. The van der Waals surface area contributed by atoms with E-state index in [0.717, 1.165) is 0 Å². The monoisotopic (exact) mass is 282 g/mol. The number of urea groups is 1. The van der Waals surface area contributed by atoms with Gasteiger partial charge in [-0.2, -0.15) is 13.2 Å². The van der Waals surface area contributed by atoms with Crippen molar-refractivity contribution in [2.24, 2.45) is 0 Å². The number of benzene rings is 1. The Morgan fingerprint density at radius 1 is 1.44 bits per heavy atom. The molecule has 0 fully saturated rings. The number of amides is 2. The van der Waals surface area contributed by atoms with Gasteiger partial charge in [0.2, 0.25) is 0 Å². The van der Waals surface area contributed by atoms with Crippen LogP contribution in [0.15, 0.2) is 18.2 Å². The van der Waals surface area contributed by atoms with Crippen LogP contribution in [0.5, 0.6) is 5.75 Å². The SMILES string of the molecule is COc1ccc(Cl)c(NC(=O)NCC(F)(F)F)c1. The summed E-state index contributed by atoms with van der Waals surface area (Å²) in [6.45, 7) is -1.42. The molecule has 100 valence electrons. The lowest BCUT2D eigenvalue weighted by Gasteiger charge is -2.11. The summed E-state index contributed by atoms with van der Waals surface area (Å²) >= 11 is 5.77. The first kappa shape index (κ1) is 14.4. The largest absolute Gasteiger partial charge is 0.497 e. The summed E-state index contributed by atoms with van der Waals surface area (Å²) < 4.78 is 40.5. The lowest BCUT2D eigenvalue weighted by Crippen LogP contribution is -2.36. The third-order valence-electron chi connectivity index (χ3n) is 1.87. The highest BCUT2D eigenvalue weighted by Crippen LogP contribution is 2.26. The van der Waals surface area contributed by atoms with Crippen molar-refractivity contribution >= 4 is 23.3 Å². The van der Waals surface area contributed by atoms with Gasteiger partial charge in [-0.05, 0) is 12.1 Å². The molecule has 0 atom stereocenters. The van der Waals surface area contributed by atoms with E-state index in [4.69, 9.17) is 16.3 Å². The van der Waals surface area contributed by atoms with E-state index < -0.39 is 18.8 Å². The van der Waals surface area contributed by atoms with Crippen molar-refractivity contribution < 1.29 is 22.7 Å². The van der Waals surface area contributed by atoms with Crippen LogP contribution in [0.2, 0.25) is 5.02 Å². The minimum Gasteiger partial charge on any atom is -0.497 e. The Labute approximate surface area is 106 Å². The maximum Gasteiger partial charge on any atom is 0.405 e. The van der Waals surface area contributed by atoms with Gasteiger partial charge in [-0.15, -0.1) is 0 Å². The second-order valence-corrected chi connectivity index (χ2v) is 3.68. The number of hydrogen-bond acceptors (Lipinski definition) is 2. The second-order valence-electron chi connectivity index (χ2n) is 3.27. The fourth-order valence-electron chi connectivity index (χ4n) is 1.07. The lowest BCUT2D eigenvalue weighted by atomic mass is 10.3. The van der Waals surface area contributed by atoms with E-state index >= 15 is 0 Å². The Bertz CT molecular complexity index is 438. The van der Waals surface area contributed by atoms with Crippen LogP contribution in [0.25, 0.3) is 0 Å². The molecule has 8 heteroatoms. The van der Waals surface area contributed by atoms with Crippen LogP contribution in [-0.2, 0) is 0 Å². The van der Waals surface area contributed by atoms with Gasteiger partial charge in [-0.25, -0.2) is 4.79 Å². The van der Waals surface area contributed by atoms with Crippen LogP contribution in [-0.4, -0.2) is 25.9 Å². The zero-order chi connectivity index (χ0) is 13.8. The van der Waals surface area contributed by atoms with E-state index in [0.29, 0.717) is 5.75 Å². The summed E-state index contributed by atoms with van der Waals surface area (Å²) in [4.78, 5) is 11.2. The van der Waals surface area contributed by atoms with Crippen LogP contribution in [0.3, 0.4) is 0 Å². The Kier molecular flexibility index (Phi) is 4.66. The normalized spacial score (nSPS) is 10.9. The molecule has 4 nitrogen and oxygen atoms in total. The number of nitrogens with one attached hydrogen (secondary N) is 2. The highest BCUT2D eigenvalue weighted by atomic mass is 35.5. The van der Waals surface area contributed by atoms with Crippen molar-refractivity contribution in [3.8, 4) is 5.75 Å². The molecule has 0 radical (unpaired) electrons. The van der Waals surface area contributed by atoms with Gasteiger partial charge in [0.15, 0.2) is 0 Å². The molecule has 1 aromatic rings. The molecule has 0 aromatic heterocycles. The first-order chi connectivity index (χ1) is 8.31. The molecule has 0 spiro atoms. The minimum atomic E-state index is -4.46. The standard InChI is InChI=1S/C10H10ClF3N2O2/c1-18-6-2-3-7(11)8(4-6)16-9(17)15-5-10(12,13)14/h2-4H,5H2,1H3,(H2,15,16,17). The van der Waals surface area contributed by atoms with Gasteiger partial charge in [0.25, 0.3) is 0 Å². The Morgan fingerprint density at radius 2 is 2.11 bits per heavy atom. The summed E-state index contributed by atoms with van der Waals surface area (Å²) in [5.41, 5.74) is 0.163. The first-order valence-corrected chi connectivity index (χ1v) is 5.15. The molecule has 0 aliphatic heterocycles. The number of carbonyl (C=O) groups is 1. The van der Waals surface area contributed by atoms with Crippen molar-refractivity contribution in [2.45, 2.75) is 6.18 Å². The molecule has 2 amide bonds. The molecule has 0 bridgehead atoms. The predicted octanol–water partition coefficient (Wildman–Crippen LogP) is 3.03. The zero-order valence-corrected chi connectivity index (χ0v) is 10.0. The zero-order valence-electron chi connectivity index (χ0n) is 9.27. The average Bonchev–Trinajstić information content (AvgIpc) is 2.28. The van der Waals surface area contributed by atoms with Gasteiger partial charge in [0.05, 0.1) is 17.8 Å². The topological polar surface area (TPSA) is 50.4 Å². The molecule has 0 saturated heterocycles. The van der Waals surface area contributed by atoms with Crippen molar-refractivity contribution in [3.63, 3.8) is 0 Å². The van der Waals surface area contributed by atoms with E-state index in [1.807, 2.05) is 0 Å². The summed E-state index contributed by atoms with van der Waals surface area (Å²) in [6, 6.07) is 3.42. The van der Waals surface area contributed by atoms with Crippen molar-refractivity contribution in [1.82, 2.24) is 5.32 Å². The van der Waals surface area contributed by atoms with Gasteiger partial charge in [0, 0.05) is 6.07 Å². The van der Waals surface area contributed by atoms with Crippen LogP contribution < -0.4 is 15.4 Å². The van der Waals surface area contributed by atoms with Crippen molar-refractivity contribution in [1.29, 1.82) is 0 Å². The number of anilines is 1. The van der Waals surface area contributed by atoms with Gasteiger partial charge in [0.1, 0.15) is 12.3 Å². The third-order valence-corrected chi connectivity index (χ3v) is 2.20. The van der Waals surface area contributed by atoms with Crippen LogP contribution in [0, 0.1) is 0 Å². The molecular weight excluding hydrogens is 273 g/mol. The highest BCUT2D eigenvalue weighted by Gasteiger charge is 2.27. The molecular formula is C10H10ClF3N2O2. The van der Waals surface area contributed by atoms with E-state index in [2.05, 4.69) is 5.32 Å². The van der Waals surface area contributed by atoms with Crippen LogP contribution >= 0.6 is 11.6 Å². The predicted molar refractivity (Wildman–Crippen MR) is 61.1 cm³/mol. The maximum atomic E-state index is 11.9. The molecule has 0 heterocycles. The molecule has 18 heavy (non-hydrogen) atoms. The summed E-state index contributed by atoms with van der Waals surface area (Å²) in [6.07, 6.45) is -4.46. The third kappa shape index (κ3) is 4.70. The lowest BCUT2D eigenvalue weighted by molar-refractivity contribution is -0.122. The molecule has 0 aliphatic rings. The molecule has 0 aliphatic carbocycles. The fourth-order valence-corrected chi connectivity index (χ4v) is 1.24. The fraction of sp³-hybridized carbons (Fsp3) is 0.300. The van der Waals surface area contributed by atoms with Gasteiger partial charge in [-0.1, -0.05) is 11.6 Å². The Hall–Kier alpha value is -1.63. The van der Waals surface area contributed by atoms with Crippen molar-refractivity contribution in [3.05, 3.63) is 23.2 Å². The first-order valence-electron chi connectivity index (χ1n) is 4.77. The highest BCUT2D eigenvalue weighted by molar-refractivity contribution is 6.33. The minimum absolute atomic E-state index is 0.163. The Balaban J connectivity index is 2.64. The van der Waals surface area contributed by atoms with E-state index in [9.17, 15) is 18.0 Å². The average molecular weight is 283 g/mol. The second kappa shape index (κ2) is 5.81. The molecule has 1 rings (SSSR count). The van der Waals surface area contributed by atoms with Gasteiger partial charge < -0.3 is 15.4 Å². The van der Waals surface area contributed by atoms with Gasteiger partial charge >= 0.3 is 12.2 Å². The number of ether oxygens (including phenoxy) is 1. The van der Waals surface area contributed by atoms with Gasteiger partial charge in [-0.3, -0.25) is 0 Å². The number of rotatable bonds is 3. The van der Waals surface area contributed by atoms with Crippen LogP contribution in [0.4, 0.5) is 23.7 Å².